The molecule has 5 nitrogen and oxygen atoms in total. The van der Waals surface area contributed by atoms with E-state index in [0.717, 1.165) is 3.57 Å². The maximum atomic E-state index is 11.7. The Morgan fingerprint density at radius 2 is 2.19 bits per heavy atom. The topological polar surface area (TPSA) is 77.8 Å². The molecule has 1 amide bonds. The summed E-state index contributed by atoms with van der Waals surface area (Å²) in [6.45, 7) is 0. The molecule has 2 heterocycles. The maximum Gasteiger partial charge on any atom is 0.272 e. The molecule has 0 saturated heterocycles. The van der Waals surface area contributed by atoms with Crippen molar-refractivity contribution in [1.82, 2.24) is 9.97 Å². The van der Waals surface area contributed by atoms with E-state index in [-0.39, 0.29) is 17.0 Å². The lowest BCUT2D eigenvalue weighted by Crippen LogP contribution is -2.18. The predicted molar refractivity (Wildman–Crippen MR) is 68.5 cm³/mol. The van der Waals surface area contributed by atoms with Crippen LogP contribution in [-0.2, 0) is 0 Å². The Kier molecular flexibility index (Phi) is 3.09. The molecule has 0 aliphatic heterocycles. The minimum Gasteiger partial charge on any atom is -0.366 e. The number of rotatable bonds is 2. The van der Waals surface area contributed by atoms with Crippen LogP contribution in [-0.4, -0.2) is 15.9 Å². The van der Waals surface area contributed by atoms with E-state index in [0.29, 0.717) is 5.69 Å². The molecule has 16 heavy (non-hydrogen) atoms. The Morgan fingerprint density at radius 3 is 2.81 bits per heavy atom. The second-order valence-electron chi connectivity index (χ2n) is 3.11. The van der Waals surface area contributed by atoms with Crippen LogP contribution in [0.4, 0.5) is 5.69 Å². The van der Waals surface area contributed by atoms with Crippen LogP contribution in [0.15, 0.2) is 35.5 Å². The molecule has 0 radical (unpaired) electrons. The van der Waals surface area contributed by atoms with Crippen molar-refractivity contribution in [2.45, 2.75) is 0 Å². The fraction of sp³-hybridized carbons (Fsp3) is 0. The quantitative estimate of drug-likeness (QED) is 0.731. The van der Waals surface area contributed by atoms with Gasteiger partial charge in [0.2, 0.25) is 5.43 Å². The normalized spacial score (nSPS) is 10.1. The van der Waals surface area contributed by atoms with Crippen molar-refractivity contribution in [3.05, 3.63) is 50.2 Å². The fourth-order valence-corrected chi connectivity index (χ4v) is 1.67. The molecule has 0 aliphatic rings. The van der Waals surface area contributed by atoms with Gasteiger partial charge in [0.25, 0.3) is 5.91 Å². The van der Waals surface area contributed by atoms with Gasteiger partial charge in [0.05, 0.1) is 0 Å². The molecule has 82 valence electrons. The average Bonchev–Trinajstić information content (AvgIpc) is 2.68. The van der Waals surface area contributed by atoms with Crippen LogP contribution in [0.25, 0.3) is 0 Å². The van der Waals surface area contributed by atoms with Gasteiger partial charge in [-0.2, -0.15) is 0 Å². The summed E-state index contributed by atoms with van der Waals surface area (Å²) >= 11 is 2.09. The molecular weight excluding hydrogens is 321 g/mol. The fourth-order valence-electron chi connectivity index (χ4n) is 1.20. The number of amides is 1. The van der Waals surface area contributed by atoms with Crippen molar-refractivity contribution in [1.29, 1.82) is 0 Å². The van der Waals surface area contributed by atoms with Gasteiger partial charge in [-0.3, -0.25) is 9.59 Å². The minimum atomic E-state index is -0.334. The third-order valence-corrected chi connectivity index (χ3v) is 2.59. The zero-order valence-electron chi connectivity index (χ0n) is 8.08. The molecular formula is C10H8IN3O2. The summed E-state index contributed by atoms with van der Waals surface area (Å²) < 4.78 is 0.935. The third-order valence-electron chi connectivity index (χ3n) is 1.96. The van der Waals surface area contributed by atoms with Crippen LogP contribution < -0.4 is 10.7 Å². The first-order valence-corrected chi connectivity index (χ1v) is 5.57. The number of nitrogens with one attached hydrogen (secondary N) is 3. The standard InChI is InChI=1S/C10H8IN3O2/c11-6-3-7(13-4-6)10(16)14-8-5-12-2-1-9(8)15/h1-5,13H,(H,12,15)(H,14,16). The van der Waals surface area contributed by atoms with E-state index >= 15 is 0 Å². The lowest BCUT2D eigenvalue weighted by molar-refractivity contribution is 0.102. The van der Waals surface area contributed by atoms with Crippen molar-refractivity contribution in [3.63, 3.8) is 0 Å². The summed E-state index contributed by atoms with van der Waals surface area (Å²) in [5.74, 6) is -0.334. The first-order chi connectivity index (χ1) is 7.66. The second kappa shape index (κ2) is 4.52. The van der Waals surface area contributed by atoms with E-state index in [4.69, 9.17) is 0 Å². The Morgan fingerprint density at radius 1 is 1.38 bits per heavy atom. The average molecular weight is 329 g/mol. The zero-order valence-corrected chi connectivity index (χ0v) is 10.2. The molecule has 0 spiro atoms. The molecule has 0 aromatic carbocycles. The van der Waals surface area contributed by atoms with Crippen LogP contribution in [0.2, 0.25) is 0 Å². The molecule has 2 aromatic rings. The molecule has 0 atom stereocenters. The van der Waals surface area contributed by atoms with Crippen LogP contribution in [0.1, 0.15) is 10.5 Å². The van der Waals surface area contributed by atoms with Crippen molar-refractivity contribution < 1.29 is 4.79 Å². The minimum absolute atomic E-state index is 0.228. The van der Waals surface area contributed by atoms with Crippen molar-refractivity contribution in [3.8, 4) is 0 Å². The molecule has 0 bridgehead atoms. The smallest absolute Gasteiger partial charge is 0.272 e. The van der Waals surface area contributed by atoms with Crippen molar-refractivity contribution in [2.75, 3.05) is 5.32 Å². The first-order valence-electron chi connectivity index (χ1n) is 4.49. The summed E-state index contributed by atoms with van der Waals surface area (Å²) in [4.78, 5) is 28.6. The Labute approximate surface area is 104 Å². The van der Waals surface area contributed by atoms with Gasteiger partial charge in [0.1, 0.15) is 11.4 Å². The van der Waals surface area contributed by atoms with E-state index in [1.807, 2.05) is 0 Å². The van der Waals surface area contributed by atoms with Gasteiger partial charge in [0, 0.05) is 28.2 Å². The number of halogens is 1. The van der Waals surface area contributed by atoms with Crippen LogP contribution in [0.3, 0.4) is 0 Å². The summed E-state index contributed by atoms with van der Waals surface area (Å²) in [5.41, 5.74) is 0.429. The van der Waals surface area contributed by atoms with E-state index < -0.39 is 0 Å². The Balaban J connectivity index is 2.20. The Bertz CT molecular complexity index is 573. The SMILES string of the molecule is O=C(Nc1c[nH]ccc1=O)c1cc(I)c[nH]1. The zero-order chi connectivity index (χ0) is 11.5. The van der Waals surface area contributed by atoms with E-state index in [9.17, 15) is 9.59 Å². The Hall–Kier alpha value is -1.57. The number of aromatic amines is 2. The highest BCUT2D eigenvalue weighted by Gasteiger charge is 2.09. The molecule has 3 N–H and O–H groups in total. The molecule has 2 rings (SSSR count). The number of anilines is 1. The van der Waals surface area contributed by atoms with Crippen LogP contribution >= 0.6 is 22.6 Å². The largest absolute Gasteiger partial charge is 0.366 e. The highest BCUT2D eigenvalue weighted by atomic mass is 127. The molecule has 2 aromatic heterocycles. The monoisotopic (exact) mass is 329 g/mol. The molecule has 0 fully saturated rings. The predicted octanol–water partition coefficient (Wildman–Crippen LogP) is 1.56. The van der Waals surface area contributed by atoms with Crippen LogP contribution in [0, 0.1) is 3.57 Å². The molecule has 6 heteroatoms. The van der Waals surface area contributed by atoms with E-state index in [2.05, 4.69) is 37.9 Å². The number of pyridine rings is 1. The number of carbonyl (C=O) groups is 1. The third kappa shape index (κ3) is 2.32. The van der Waals surface area contributed by atoms with E-state index in [1.54, 1.807) is 12.3 Å². The lowest BCUT2D eigenvalue weighted by atomic mass is 10.3. The number of aromatic nitrogens is 2. The summed E-state index contributed by atoms with van der Waals surface area (Å²) in [6.07, 6.45) is 4.68. The van der Waals surface area contributed by atoms with Gasteiger partial charge in [-0.15, -0.1) is 0 Å². The first kappa shape index (κ1) is 10.9. The second-order valence-corrected chi connectivity index (χ2v) is 4.35. The van der Waals surface area contributed by atoms with Crippen LogP contribution in [0.5, 0.6) is 0 Å². The highest BCUT2D eigenvalue weighted by molar-refractivity contribution is 14.1. The maximum absolute atomic E-state index is 11.7. The molecule has 0 saturated carbocycles. The lowest BCUT2D eigenvalue weighted by Gasteiger charge is -2.01. The van der Waals surface area contributed by atoms with Gasteiger partial charge in [-0.25, -0.2) is 0 Å². The van der Waals surface area contributed by atoms with Gasteiger partial charge in [-0.1, -0.05) is 0 Å². The van der Waals surface area contributed by atoms with Gasteiger partial charge in [-0.05, 0) is 28.7 Å². The van der Waals surface area contributed by atoms with Gasteiger partial charge >= 0.3 is 0 Å². The number of hydrogen-bond donors (Lipinski definition) is 3. The summed E-state index contributed by atoms with van der Waals surface area (Å²) in [6, 6.07) is 3.06. The molecule has 0 aliphatic carbocycles. The van der Waals surface area contributed by atoms with Gasteiger partial charge in [0.15, 0.2) is 0 Å². The van der Waals surface area contributed by atoms with Gasteiger partial charge < -0.3 is 15.3 Å². The molecule has 0 unspecified atom stereocenters. The highest BCUT2D eigenvalue weighted by Crippen LogP contribution is 2.07. The van der Waals surface area contributed by atoms with Crippen molar-refractivity contribution in [2.24, 2.45) is 0 Å². The summed E-state index contributed by atoms with van der Waals surface area (Å²) in [5, 5.41) is 2.52. The summed E-state index contributed by atoms with van der Waals surface area (Å²) in [7, 11) is 0. The number of H-pyrrole nitrogens is 2. The van der Waals surface area contributed by atoms with E-state index in [1.165, 1.54) is 18.5 Å². The number of carbonyl (C=O) groups excluding carboxylic acids is 1. The van der Waals surface area contributed by atoms with Crippen molar-refractivity contribution >= 4 is 34.2 Å². The number of hydrogen-bond acceptors (Lipinski definition) is 2.